The van der Waals surface area contributed by atoms with E-state index in [0.717, 1.165) is 17.0 Å². The van der Waals surface area contributed by atoms with Crippen LogP contribution in [0.25, 0.3) is 5.69 Å². The van der Waals surface area contributed by atoms with Crippen LogP contribution in [0.1, 0.15) is 22.5 Å². The molecule has 1 amide bonds. The fourth-order valence-electron chi connectivity index (χ4n) is 3.69. The lowest BCUT2D eigenvalue weighted by Crippen LogP contribution is -2.18. The van der Waals surface area contributed by atoms with Gasteiger partial charge in [-0.15, -0.1) is 11.8 Å². The predicted molar refractivity (Wildman–Crippen MR) is 120 cm³/mol. The average molecular weight is 478 g/mol. The van der Waals surface area contributed by atoms with E-state index in [1.165, 1.54) is 22.5 Å². The molecule has 0 saturated carbocycles. The van der Waals surface area contributed by atoms with Crippen LogP contribution in [0.3, 0.4) is 0 Å². The number of rotatable bonds is 5. The molecule has 0 atom stereocenters. The lowest BCUT2D eigenvalue weighted by molar-refractivity contribution is -0.137. The van der Waals surface area contributed by atoms with E-state index in [1.54, 1.807) is 26.0 Å². The second-order valence-corrected chi connectivity index (χ2v) is 8.38. The smallest absolute Gasteiger partial charge is 0.416 e. The Balaban J connectivity index is 1.57. The number of hydrogen-bond donors (Lipinski definition) is 1. The van der Waals surface area contributed by atoms with Crippen molar-refractivity contribution in [3.63, 3.8) is 0 Å². The molecule has 1 aliphatic heterocycles. The van der Waals surface area contributed by atoms with Gasteiger partial charge in [0.05, 0.1) is 29.1 Å². The summed E-state index contributed by atoms with van der Waals surface area (Å²) >= 11 is 1.47. The van der Waals surface area contributed by atoms with Crippen molar-refractivity contribution in [2.45, 2.75) is 31.3 Å². The molecule has 1 N–H and O–H groups in total. The summed E-state index contributed by atoms with van der Waals surface area (Å²) in [6, 6.07) is 8.52. The van der Waals surface area contributed by atoms with Gasteiger partial charge in [-0.05, 0) is 44.4 Å². The first-order chi connectivity index (χ1) is 15.7. The lowest BCUT2D eigenvalue weighted by Gasteiger charge is -2.21. The quantitative estimate of drug-likeness (QED) is 0.513. The molecule has 6 nitrogen and oxygen atoms in total. The van der Waals surface area contributed by atoms with Crippen molar-refractivity contribution in [1.29, 1.82) is 0 Å². The van der Waals surface area contributed by atoms with E-state index in [4.69, 9.17) is 9.47 Å². The number of amides is 1. The highest BCUT2D eigenvalue weighted by Crippen LogP contribution is 2.39. The number of carbonyl (C=O) groups excluding carboxylic acids is 1. The molecule has 0 radical (unpaired) electrons. The van der Waals surface area contributed by atoms with Gasteiger partial charge in [-0.25, -0.2) is 4.68 Å². The molecule has 3 aromatic rings. The number of aryl methyl sites for hydroxylation is 1. The minimum atomic E-state index is -4.45. The fourth-order valence-corrected chi connectivity index (χ4v) is 4.24. The number of thioether (sulfide) groups is 1. The maximum Gasteiger partial charge on any atom is 0.416 e. The van der Waals surface area contributed by atoms with Gasteiger partial charge >= 0.3 is 6.18 Å². The van der Waals surface area contributed by atoms with Crippen molar-refractivity contribution in [3.05, 3.63) is 58.9 Å². The van der Waals surface area contributed by atoms with E-state index >= 15 is 0 Å². The Kier molecular flexibility index (Phi) is 6.29. The van der Waals surface area contributed by atoms with Crippen molar-refractivity contribution in [2.75, 3.05) is 24.8 Å². The van der Waals surface area contributed by atoms with Crippen LogP contribution in [0.2, 0.25) is 0 Å². The monoisotopic (exact) mass is 477 g/mol. The molecule has 0 fully saturated rings. The number of ether oxygens (including phenoxy) is 2. The van der Waals surface area contributed by atoms with E-state index in [1.807, 2.05) is 12.3 Å². The van der Waals surface area contributed by atoms with Crippen LogP contribution in [0.15, 0.2) is 41.3 Å². The van der Waals surface area contributed by atoms with Crippen molar-refractivity contribution in [2.24, 2.45) is 0 Å². The molecule has 2 aromatic carbocycles. The van der Waals surface area contributed by atoms with E-state index < -0.39 is 11.7 Å². The number of benzene rings is 2. The predicted octanol–water partition coefficient (Wildman–Crippen LogP) is 5.18. The van der Waals surface area contributed by atoms with Gasteiger partial charge in [0.25, 0.3) is 0 Å². The van der Waals surface area contributed by atoms with Crippen LogP contribution >= 0.6 is 11.8 Å². The van der Waals surface area contributed by atoms with Gasteiger partial charge < -0.3 is 14.8 Å². The van der Waals surface area contributed by atoms with Crippen LogP contribution in [0, 0.1) is 13.8 Å². The third-order valence-corrected chi connectivity index (χ3v) is 6.11. The Morgan fingerprint density at radius 2 is 1.85 bits per heavy atom. The van der Waals surface area contributed by atoms with Crippen LogP contribution in [-0.2, 0) is 17.4 Å². The van der Waals surface area contributed by atoms with Crippen LogP contribution in [0.5, 0.6) is 11.5 Å². The van der Waals surface area contributed by atoms with Gasteiger partial charge in [-0.2, -0.15) is 18.3 Å². The molecule has 0 saturated heterocycles. The Bertz CT molecular complexity index is 1210. The Hall–Kier alpha value is -3.14. The van der Waals surface area contributed by atoms with Crippen molar-refractivity contribution in [3.8, 4) is 17.2 Å². The van der Waals surface area contributed by atoms with Crippen LogP contribution in [0.4, 0.5) is 18.9 Å². The number of carbonyl (C=O) groups is 1. The molecule has 1 aromatic heterocycles. The summed E-state index contributed by atoms with van der Waals surface area (Å²) in [4.78, 5) is 13.7. The number of anilines is 1. The zero-order chi connectivity index (χ0) is 23.8. The molecular formula is C23H22F3N3O3S. The lowest BCUT2D eigenvalue weighted by atomic mass is 10.1. The van der Waals surface area contributed by atoms with Crippen molar-refractivity contribution >= 4 is 23.4 Å². The maximum atomic E-state index is 13.1. The molecule has 0 bridgehead atoms. The summed E-state index contributed by atoms with van der Waals surface area (Å²) in [5.41, 5.74) is 1.98. The first-order valence-corrected chi connectivity index (χ1v) is 11.4. The number of nitrogens with zero attached hydrogens (tertiary/aromatic N) is 2. The molecule has 33 heavy (non-hydrogen) atoms. The summed E-state index contributed by atoms with van der Waals surface area (Å²) in [5, 5.41) is 7.30. The van der Waals surface area contributed by atoms with Gasteiger partial charge in [0.1, 0.15) is 13.2 Å². The number of alkyl halides is 3. The number of aromatic nitrogens is 2. The zero-order valence-corrected chi connectivity index (χ0v) is 19.1. The average Bonchev–Trinajstić information content (AvgIpc) is 3.06. The number of fused-ring (bicyclic) bond motifs is 1. The standard InChI is InChI=1S/C23H22F3N3O3S/c1-13-17(14(2)29(28-13)16-6-4-5-15(9-16)23(24,25)26)10-22(30)27-18-11-19-20(12-21(18)33-3)32-8-7-31-19/h4-6,9,11-12H,7-8,10H2,1-3H3,(H,27,30). The molecule has 1 aliphatic rings. The first-order valence-electron chi connectivity index (χ1n) is 10.2. The minimum Gasteiger partial charge on any atom is -0.486 e. The Morgan fingerprint density at radius 1 is 1.15 bits per heavy atom. The molecular weight excluding hydrogens is 455 g/mol. The summed E-state index contributed by atoms with van der Waals surface area (Å²) < 4.78 is 52.0. The molecule has 174 valence electrons. The van der Waals surface area contributed by atoms with Crippen molar-refractivity contribution < 1.29 is 27.4 Å². The SMILES string of the molecule is CSc1cc2c(cc1NC(=O)Cc1c(C)nn(-c3cccc(C(F)(F)F)c3)c1C)OCCO2. The highest BCUT2D eigenvalue weighted by atomic mass is 32.2. The van der Waals surface area contributed by atoms with Crippen LogP contribution in [-0.4, -0.2) is 35.2 Å². The number of hydrogen-bond acceptors (Lipinski definition) is 5. The van der Waals surface area contributed by atoms with Gasteiger partial charge in [0.2, 0.25) is 5.91 Å². The number of nitrogens with one attached hydrogen (secondary N) is 1. The van der Waals surface area contributed by atoms with Gasteiger partial charge in [0, 0.05) is 22.2 Å². The summed E-state index contributed by atoms with van der Waals surface area (Å²) in [6.07, 6.45) is -2.53. The van der Waals surface area contributed by atoms with E-state index in [0.29, 0.717) is 47.4 Å². The van der Waals surface area contributed by atoms with Gasteiger partial charge in [0.15, 0.2) is 11.5 Å². The fraction of sp³-hybridized carbons (Fsp3) is 0.304. The normalized spacial score (nSPS) is 13.2. The third kappa shape index (κ3) is 4.80. The molecule has 0 spiro atoms. The largest absolute Gasteiger partial charge is 0.486 e. The number of halogens is 3. The highest BCUT2D eigenvalue weighted by molar-refractivity contribution is 7.98. The highest BCUT2D eigenvalue weighted by Gasteiger charge is 2.31. The zero-order valence-electron chi connectivity index (χ0n) is 18.2. The third-order valence-electron chi connectivity index (χ3n) is 5.33. The first kappa shape index (κ1) is 23.0. The maximum absolute atomic E-state index is 13.1. The molecule has 4 rings (SSSR count). The van der Waals surface area contributed by atoms with Crippen LogP contribution < -0.4 is 14.8 Å². The van der Waals surface area contributed by atoms with E-state index in [-0.39, 0.29) is 18.0 Å². The second-order valence-electron chi connectivity index (χ2n) is 7.53. The molecule has 10 heteroatoms. The molecule has 2 heterocycles. The minimum absolute atomic E-state index is 0.0267. The van der Waals surface area contributed by atoms with Gasteiger partial charge in [-0.3, -0.25) is 4.79 Å². The Morgan fingerprint density at radius 3 is 2.52 bits per heavy atom. The van der Waals surface area contributed by atoms with E-state index in [9.17, 15) is 18.0 Å². The molecule has 0 unspecified atom stereocenters. The Labute approximate surface area is 193 Å². The summed E-state index contributed by atoms with van der Waals surface area (Å²) in [6.45, 7) is 4.38. The summed E-state index contributed by atoms with van der Waals surface area (Å²) in [7, 11) is 0. The van der Waals surface area contributed by atoms with Gasteiger partial charge in [-0.1, -0.05) is 6.07 Å². The summed E-state index contributed by atoms with van der Waals surface area (Å²) in [5.74, 6) is 0.938. The van der Waals surface area contributed by atoms with E-state index in [2.05, 4.69) is 10.4 Å². The van der Waals surface area contributed by atoms with Crippen molar-refractivity contribution in [1.82, 2.24) is 9.78 Å². The second kappa shape index (κ2) is 9.01. The topological polar surface area (TPSA) is 65.4 Å². The molecule has 0 aliphatic carbocycles.